The molecule has 8 aliphatic rings. The zero-order valence-corrected chi connectivity index (χ0v) is 96.0. The highest BCUT2D eigenvalue weighted by molar-refractivity contribution is 5.63. The van der Waals surface area contributed by atoms with Crippen LogP contribution in [-0.4, -0.2) is 359 Å². The Morgan fingerprint density at radius 3 is 0.361 bits per heavy atom. The van der Waals surface area contributed by atoms with Crippen molar-refractivity contribution in [3.63, 3.8) is 0 Å². The normalized spacial score (nSPS) is 17.9. The number of hydrogen-bond donors (Lipinski definition) is 8. The maximum Gasteiger partial charge on any atom is 0.126 e. The summed E-state index contributed by atoms with van der Waals surface area (Å²) in [6.45, 7) is 88.4. The highest BCUT2D eigenvalue weighted by atomic mass is 15.3. The van der Waals surface area contributed by atoms with E-state index in [9.17, 15) is 0 Å². The van der Waals surface area contributed by atoms with Crippen LogP contribution in [0.25, 0.3) is 0 Å². The summed E-state index contributed by atoms with van der Waals surface area (Å²) in [5, 5.41) is 27.7. The van der Waals surface area contributed by atoms with Crippen LogP contribution in [-0.2, 0) is 0 Å². The maximum atomic E-state index is 4.49. The Hall–Kier alpha value is -9.90. The molecule has 16 rings (SSSR count). The monoisotopic (exact) mass is 1980 g/mol. The van der Waals surface area contributed by atoms with Gasteiger partial charge in [0.25, 0.3) is 0 Å². The molecule has 0 saturated carbocycles. The topological polar surface area (TPSA) is 174 Å². The average molecular weight is 1980 g/mol. The van der Waals surface area contributed by atoms with Gasteiger partial charge < -0.3 is 121 Å². The molecule has 0 unspecified atom stereocenters. The number of nitrogens with zero attached hydrogens (tertiary/aromatic N) is 18. The van der Waals surface area contributed by atoms with Gasteiger partial charge in [-0.25, -0.2) is 9.97 Å². The van der Waals surface area contributed by atoms with Crippen LogP contribution in [0.2, 0.25) is 0 Å². The SMILES string of the molecule is CN1CCN(c2ccc(NC(C)(C)C)cc2)CC1.CN1CCN(c2ccc(NC(C)(C)C)cc2)CC1.CN1CCN(c2ccc(NC(C)(C)C)cc2)CC1.CN1CCN(c2ccc(NC(C)(C)C)cc2)CC1.CN1CCN(c2ccc(NC(C)(C)C)cc2)CC1.CN1CCN(c2ccc(NC(C)(C)C)cc2)CC1.CN1CCN(c2ccc(NC(C)(C)C)nc2)CC1.CN1CCN(c2ccc(NC(C)(C)C)nc2)CC1. The minimum absolute atomic E-state index is 0.0579. The Kier molecular flexibility index (Phi) is 44.7. The average Bonchev–Trinajstić information content (AvgIpc) is 0.876. The summed E-state index contributed by atoms with van der Waals surface area (Å²) in [7, 11) is 17.5. The zero-order chi connectivity index (χ0) is 105. The third-order valence-corrected chi connectivity index (χ3v) is 25.8. The fourth-order valence-corrected chi connectivity index (χ4v) is 17.7. The summed E-state index contributed by atoms with van der Waals surface area (Å²) in [6, 6.07) is 61.3. The molecule has 8 aromatic rings. The van der Waals surface area contributed by atoms with Gasteiger partial charge in [-0.2, -0.15) is 0 Å². The molecule has 8 aliphatic heterocycles. The minimum atomic E-state index is 0.0579. The molecule has 8 saturated heterocycles. The smallest absolute Gasteiger partial charge is 0.126 e. The molecular formula is C118H198N26. The van der Waals surface area contributed by atoms with Crippen LogP contribution in [0.1, 0.15) is 166 Å². The van der Waals surface area contributed by atoms with Gasteiger partial charge in [-0.3, -0.25) is 0 Å². The largest absolute Gasteiger partial charge is 0.380 e. The Balaban J connectivity index is 0.000000183. The van der Waals surface area contributed by atoms with Gasteiger partial charge in [0.1, 0.15) is 11.6 Å². The summed E-state index contributed by atoms with van der Waals surface area (Å²) in [5.41, 5.74) is 18.5. The Morgan fingerprint density at radius 1 is 0.146 bits per heavy atom. The van der Waals surface area contributed by atoms with Crippen LogP contribution >= 0.6 is 0 Å². The Morgan fingerprint density at radius 2 is 0.257 bits per heavy atom. The van der Waals surface area contributed by atoms with Crippen molar-refractivity contribution < 1.29 is 0 Å². The van der Waals surface area contributed by atoms with Gasteiger partial charge in [0.05, 0.1) is 23.8 Å². The van der Waals surface area contributed by atoms with Crippen molar-refractivity contribution in [3.8, 4) is 0 Å². The summed E-state index contributed by atoms with van der Waals surface area (Å²) < 4.78 is 0. The number of likely N-dealkylation sites (N-methyl/N-ethyl adjacent to an activating group) is 8. The van der Waals surface area contributed by atoms with E-state index in [2.05, 4.69) is 523 Å². The lowest BCUT2D eigenvalue weighted by atomic mass is 10.1. The summed E-state index contributed by atoms with van der Waals surface area (Å²) in [4.78, 5) is 47.5. The molecule has 800 valence electrons. The van der Waals surface area contributed by atoms with Crippen LogP contribution in [0.4, 0.5) is 91.3 Å². The van der Waals surface area contributed by atoms with E-state index < -0.39 is 0 Å². The van der Waals surface area contributed by atoms with E-state index in [0.717, 1.165) is 221 Å². The molecule has 144 heavy (non-hydrogen) atoms. The van der Waals surface area contributed by atoms with Crippen molar-refractivity contribution in [3.05, 3.63) is 182 Å². The number of hydrogen-bond acceptors (Lipinski definition) is 26. The standard InChI is InChI=1S/6C15H25N3.2C14H24N4/c6*1-15(2,3)16-13-5-7-14(8-6-13)18-11-9-17(4)10-12-18;2*1-14(2,3)16-13-6-5-12(11-15-13)18-9-7-17(4)8-10-18/h6*5-8,16H,9-12H2,1-4H3;2*5-6,11H,7-10H2,1-4H3,(H,15,16). The Bertz CT molecular complexity index is 3890. The van der Waals surface area contributed by atoms with E-state index in [-0.39, 0.29) is 44.3 Å². The molecule has 8 N–H and O–H groups in total. The van der Waals surface area contributed by atoms with Crippen molar-refractivity contribution in [2.24, 2.45) is 0 Å². The molecule has 0 radical (unpaired) electrons. The van der Waals surface area contributed by atoms with Crippen LogP contribution in [0, 0.1) is 0 Å². The number of nitrogens with one attached hydrogen (secondary N) is 8. The second-order valence-electron chi connectivity index (χ2n) is 49.4. The summed E-state index contributed by atoms with van der Waals surface area (Å²) >= 11 is 0. The van der Waals surface area contributed by atoms with Crippen molar-refractivity contribution >= 4 is 91.3 Å². The first-order valence-electron chi connectivity index (χ1n) is 53.8. The molecule has 0 aliphatic carbocycles. The molecule has 26 nitrogen and oxygen atoms in total. The van der Waals surface area contributed by atoms with Crippen LogP contribution in [0.15, 0.2) is 182 Å². The number of pyridine rings is 2. The lowest BCUT2D eigenvalue weighted by molar-refractivity contribution is 0.313. The number of benzene rings is 6. The Labute approximate surface area is 875 Å². The second kappa shape index (κ2) is 54.7. The highest BCUT2D eigenvalue weighted by Crippen LogP contribution is 2.31. The fraction of sp³-hybridized carbons (Fsp3) is 0.610. The van der Waals surface area contributed by atoms with Crippen molar-refractivity contribution in [1.82, 2.24) is 49.2 Å². The number of aromatic nitrogens is 2. The summed E-state index contributed by atoms with van der Waals surface area (Å²) in [6.07, 6.45) is 3.94. The summed E-state index contributed by atoms with van der Waals surface area (Å²) in [5.74, 6) is 1.89. The molecule has 10 heterocycles. The minimum Gasteiger partial charge on any atom is -0.380 e. The first-order valence-corrected chi connectivity index (χ1v) is 53.8. The third kappa shape index (κ3) is 46.0. The van der Waals surface area contributed by atoms with Crippen LogP contribution in [0.3, 0.4) is 0 Å². The van der Waals surface area contributed by atoms with Crippen molar-refractivity contribution in [1.29, 1.82) is 0 Å². The van der Waals surface area contributed by atoms with Gasteiger partial charge in [0, 0.05) is 322 Å². The highest BCUT2D eigenvalue weighted by Gasteiger charge is 2.26. The third-order valence-electron chi connectivity index (χ3n) is 25.8. The van der Waals surface area contributed by atoms with Gasteiger partial charge in [0.2, 0.25) is 0 Å². The van der Waals surface area contributed by atoms with Gasteiger partial charge in [0.15, 0.2) is 0 Å². The molecule has 0 atom stereocenters. The lowest BCUT2D eigenvalue weighted by Crippen LogP contribution is -2.44. The number of anilines is 16. The van der Waals surface area contributed by atoms with E-state index in [1.807, 2.05) is 12.4 Å². The molecular weight excluding hydrogens is 1780 g/mol. The quantitative estimate of drug-likeness (QED) is 0.0458. The number of rotatable bonds is 16. The fourth-order valence-electron chi connectivity index (χ4n) is 17.7. The van der Waals surface area contributed by atoms with Crippen molar-refractivity contribution in [2.75, 3.05) is 348 Å². The molecule has 0 spiro atoms. The van der Waals surface area contributed by atoms with Gasteiger partial charge >= 0.3 is 0 Å². The van der Waals surface area contributed by atoms with Crippen molar-refractivity contribution in [2.45, 2.75) is 210 Å². The molecule has 8 fully saturated rings. The van der Waals surface area contributed by atoms with Crippen LogP contribution < -0.4 is 81.7 Å². The predicted octanol–water partition coefficient (Wildman–Crippen LogP) is 20.0. The second-order valence-corrected chi connectivity index (χ2v) is 49.4. The molecule has 0 bridgehead atoms. The maximum absolute atomic E-state index is 4.49. The van der Waals surface area contributed by atoms with E-state index in [1.54, 1.807) is 0 Å². The molecule has 2 aromatic heterocycles. The molecule has 6 aromatic carbocycles. The van der Waals surface area contributed by atoms with Crippen LogP contribution in [0.5, 0.6) is 0 Å². The predicted molar refractivity (Wildman–Crippen MR) is 632 cm³/mol. The van der Waals surface area contributed by atoms with E-state index in [1.165, 1.54) is 79.6 Å². The van der Waals surface area contributed by atoms with E-state index in [4.69, 9.17) is 0 Å². The van der Waals surface area contributed by atoms with Gasteiger partial charge in [-0.15, -0.1) is 0 Å². The van der Waals surface area contributed by atoms with Gasteiger partial charge in [-0.05, 0) is 392 Å². The molecule has 26 heteroatoms. The van der Waals surface area contributed by atoms with E-state index in [0.29, 0.717) is 0 Å². The first kappa shape index (κ1) is 118. The van der Waals surface area contributed by atoms with Gasteiger partial charge in [-0.1, -0.05) is 0 Å². The number of piperazine rings is 8. The van der Waals surface area contributed by atoms with E-state index >= 15 is 0 Å². The lowest BCUT2D eigenvalue weighted by Gasteiger charge is -2.34. The zero-order valence-electron chi connectivity index (χ0n) is 96.0. The first-order chi connectivity index (χ1) is 67.5. The molecule has 0 amide bonds.